The van der Waals surface area contributed by atoms with Crippen molar-refractivity contribution in [2.75, 3.05) is 0 Å². The molecule has 0 atom stereocenters. The molecule has 136 valence electrons. The van der Waals surface area contributed by atoms with Crippen LogP contribution in [0.2, 0.25) is 5.02 Å². The van der Waals surface area contributed by atoms with Crippen LogP contribution in [0.5, 0.6) is 0 Å². The first-order valence-electron chi connectivity index (χ1n) is 7.92. The number of halogens is 1. The molecule has 1 aromatic heterocycles. The molecule has 1 heterocycles. The van der Waals surface area contributed by atoms with Gasteiger partial charge in [0.2, 0.25) is 21.8 Å². The van der Waals surface area contributed by atoms with Crippen molar-refractivity contribution in [3.05, 3.63) is 64.0 Å². The molecule has 8 heteroatoms. The van der Waals surface area contributed by atoms with Crippen molar-refractivity contribution in [1.29, 1.82) is 0 Å². The van der Waals surface area contributed by atoms with Gasteiger partial charge >= 0.3 is 0 Å². The molecule has 26 heavy (non-hydrogen) atoms. The number of sulfonamides is 1. The summed E-state index contributed by atoms with van der Waals surface area (Å²) in [6.45, 7) is 5.40. The van der Waals surface area contributed by atoms with Gasteiger partial charge in [-0.2, -0.15) is 0 Å². The van der Waals surface area contributed by atoms with Gasteiger partial charge in [0.1, 0.15) is 0 Å². The van der Waals surface area contributed by atoms with E-state index in [1.165, 1.54) is 0 Å². The molecule has 0 radical (unpaired) electrons. The van der Waals surface area contributed by atoms with E-state index >= 15 is 0 Å². The molecule has 0 spiro atoms. The van der Waals surface area contributed by atoms with Crippen LogP contribution in [0.1, 0.15) is 22.6 Å². The summed E-state index contributed by atoms with van der Waals surface area (Å²) >= 11 is 5.85. The van der Waals surface area contributed by atoms with E-state index in [0.717, 1.165) is 5.56 Å². The van der Waals surface area contributed by atoms with Crippen LogP contribution in [0, 0.1) is 20.8 Å². The van der Waals surface area contributed by atoms with Crippen LogP contribution in [0.4, 0.5) is 0 Å². The van der Waals surface area contributed by atoms with E-state index in [0.29, 0.717) is 27.6 Å². The van der Waals surface area contributed by atoms with Crippen molar-refractivity contribution in [1.82, 2.24) is 14.9 Å². The highest BCUT2D eigenvalue weighted by atomic mass is 35.5. The van der Waals surface area contributed by atoms with Gasteiger partial charge in [0.15, 0.2) is 0 Å². The van der Waals surface area contributed by atoms with Gasteiger partial charge in [0.05, 0.1) is 11.4 Å². The number of hydrogen-bond acceptors (Lipinski definition) is 5. The summed E-state index contributed by atoms with van der Waals surface area (Å²) in [4.78, 5) is 0.278. The maximum Gasteiger partial charge on any atom is 0.247 e. The average Bonchev–Trinajstić information content (AvgIpc) is 3.01. The predicted molar refractivity (Wildman–Crippen MR) is 99.4 cm³/mol. The monoisotopic (exact) mass is 391 g/mol. The van der Waals surface area contributed by atoms with Gasteiger partial charge in [0, 0.05) is 10.6 Å². The SMILES string of the molecule is Cc1cc(C)c(S(=O)(=O)NCc2nnc(-c3ccc(Cl)cc3)o2)c(C)c1. The second-order valence-electron chi connectivity index (χ2n) is 6.06. The van der Waals surface area contributed by atoms with E-state index < -0.39 is 10.0 Å². The molecule has 0 aliphatic heterocycles. The van der Waals surface area contributed by atoms with Crippen LogP contribution in [-0.4, -0.2) is 18.6 Å². The van der Waals surface area contributed by atoms with Gasteiger partial charge in [0.25, 0.3) is 0 Å². The van der Waals surface area contributed by atoms with Gasteiger partial charge in [-0.15, -0.1) is 10.2 Å². The fourth-order valence-corrected chi connectivity index (χ4v) is 4.40. The molecular weight excluding hydrogens is 374 g/mol. The molecule has 2 aromatic carbocycles. The van der Waals surface area contributed by atoms with E-state index in [1.807, 2.05) is 19.1 Å². The van der Waals surface area contributed by atoms with E-state index in [1.54, 1.807) is 38.1 Å². The smallest absolute Gasteiger partial charge is 0.247 e. The zero-order valence-corrected chi connectivity index (χ0v) is 16.1. The number of aryl methyl sites for hydroxylation is 3. The lowest BCUT2D eigenvalue weighted by Crippen LogP contribution is -2.25. The molecule has 0 aliphatic rings. The highest BCUT2D eigenvalue weighted by molar-refractivity contribution is 7.89. The van der Waals surface area contributed by atoms with Crippen molar-refractivity contribution in [3.63, 3.8) is 0 Å². The Hall–Kier alpha value is -2.22. The first-order chi connectivity index (χ1) is 12.3. The first kappa shape index (κ1) is 18.6. The molecule has 0 amide bonds. The highest BCUT2D eigenvalue weighted by Crippen LogP contribution is 2.23. The molecule has 0 bridgehead atoms. The minimum atomic E-state index is -3.69. The molecule has 0 saturated heterocycles. The van der Waals surface area contributed by atoms with Crippen LogP contribution < -0.4 is 4.72 Å². The highest BCUT2D eigenvalue weighted by Gasteiger charge is 2.21. The Morgan fingerprint density at radius 2 is 1.65 bits per heavy atom. The lowest BCUT2D eigenvalue weighted by molar-refractivity contribution is 0.494. The number of nitrogens with zero attached hydrogens (tertiary/aromatic N) is 2. The number of hydrogen-bond donors (Lipinski definition) is 1. The molecule has 0 saturated carbocycles. The van der Waals surface area contributed by atoms with E-state index in [2.05, 4.69) is 14.9 Å². The summed E-state index contributed by atoms with van der Waals surface area (Å²) in [6.07, 6.45) is 0. The quantitative estimate of drug-likeness (QED) is 0.715. The Morgan fingerprint density at radius 1 is 1.04 bits per heavy atom. The maximum atomic E-state index is 12.7. The Bertz CT molecular complexity index is 1020. The fourth-order valence-electron chi connectivity index (χ4n) is 2.85. The number of nitrogens with one attached hydrogen (secondary N) is 1. The summed E-state index contributed by atoms with van der Waals surface area (Å²) < 4.78 is 33.4. The van der Waals surface area contributed by atoms with Crippen molar-refractivity contribution < 1.29 is 12.8 Å². The number of aromatic nitrogens is 2. The van der Waals surface area contributed by atoms with Crippen LogP contribution in [0.15, 0.2) is 45.7 Å². The third kappa shape index (κ3) is 3.95. The number of benzene rings is 2. The Balaban J connectivity index is 1.78. The summed E-state index contributed by atoms with van der Waals surface area (Å²) in [5.41, 5.74) is 3.12. The zero-order chi connectivity index (χ0) is 18.9. The maximum absolute atomic E-state index is 12.7. The third-order valence-electron chi connectivity index (χ3n) is 3.84. The van der Waals surface area contributed by atoms with Crippen LogP contribution in [0.25, 0.3) is 11.5 Å². The zero-order valence-electron chi connectivity index (χ0n) is 14.6. The summed E-state index contributed by atoms with van der Waals surface area (Å²) in [5, 5.41) is 8.44. The second-order valence-corrected chi connectivity index (χ2v) is 8.20. The lowest BCUT2D eigenvalue weighted by atomic mass is 10.1. The average molecular weight is 392 g/mol. The fraction of sp³-hybridized carbons (Fsp3) is 0.222. The van der Waals surface area contributed by atoms with E-state index in [-0.39, 0.29) is 17.3 Å². The van der Waals surface area contributed by atoms with Crippen LogP contribution >= 0.6 is 11.6 Å². The van der Waals surface area contributed by atoms with E-state index in [4.69, 9.17) is 16.0 Å². The molecule has 6 nitrogen and oxygen atoms in total. The Morgan fingerprint density at radius 3 is 2.27 bits per heavy atom. The predicted octanol–water partition coefficient (Wildman–Crippen LogP) is 3.79. The molecule has 3 aromatic rings. The molecule has 3 rings (SSSR count). The molecule has 0 unspecified atom stereocenters. The molecular formula is C18H18ClN3O3S. The minimum absolute atomic E-state index is 0.0876. The van der Waals surface area contributed by atoms with Crippen LogP contribution in [0.3, 0.4) is 0 Å². The van der Waals surface area contributed by atoms with Crippen LogP contribution in [-0.2, 0) is 16.6 Å². The summed E-state index contributed by atoms with van der Waals surface area (Å²) in [7, 11) is -3.69. The normalized spacial score (nSPS) is 11.7. The standard InChI is InChI=1S/C18H18ClN3O3S/c1-11-8-12(2)17(13(3)9-11)26(23,24)20-10-16-21-22-18(25-16)14-4-6-15(19)7-5-14/h4-9,20H,10H2,1-3H3. The Labute approximate surface area is 157 Å². The lowest BCUT2D eigenvalue weighted by Gasteiger charge is -2.12. The van der Waals surface area contributed by atoms with Gasteiger partial charge in [-0.1, -0.05) is 29.3 Å². The van der Waals surface area contributed by atoms with Gasteiger partial charge in [-0.05, 0) is 56.2 Å². The van der Waals surface area contributed by atoms with Crippen molar-refractivity contribution in [2.24, 2.45) is 0 Å². The first-order valence-corrected chi connectivity index (χ1v) is 9.78. The Kier molecular flexibility index (Phi) is 5.13. The number of rotatable bonds is 5. The van der Waals surface area contributed by atoms with Crippen molar-refractivity contribution in [3.8, 4) is 11.5 Å². The largest absolute Gasteiger partial charge is 0.419 e. The van der Waals surface area contributed by atoms with E-state index in [9.17, 15) is 8.42 Å². The second kappa shape index (κ2) is 7.19. The topological polar surface area (TPSA) is 85.1 Å². The van der Waals surface area contributed by atoms with Gasteiger partial charge in [-0.25, -0.2) is 13.1 Å². The van der Waals surface area contributed by atoms with Crippen molar-refractivity contribution in [2.45, 2.75) is 32.2 Å². The van der Waals surface area contributed by atoms with Crippen molar-refractivity contribution >= 4 is 21.6 Å². The molecule has 0 fully saturated rings. The summed E-state index contributed by atoms with van der Waals surface area (Å²) in [6, 6.07) is 10.6. The van der Waals surface area contributed by atoms with Gasteiger partial charge in [-0.3, -0.25) is 0 Å². The van der Waals surface area contributed by atoms with Gasteiger partial charge < -0.3 is 4.42 Å². The molecule has 0 aliphatic carbocycles. The minimum Gasteiger partial charge on any atom is -0.419 e. The third-order valence-corrected chi connectivity index (χ3v) is 5.80. The summed E-state index contributed by atoms with van der Waals surface area (Å²) in [5.74, 6) is 0.486. The molecule has 1 N–H and O–H groups in total.